The van der Waals surface area contributed by atoms with Crippen molar-refractivity contribution in [2.45, 2.75) is 0 Å². The maximum Gasteiger partial charge on any atom is 0.280 e. The number of rotatable bonds is 3. The van der Waals surface area contributed by atoms with Crippen molar-refractivity contribution in [3.8, 4) is 11.5 Å². The molecule has 0 saturated heterocycles. The average Bonchev–Trinajstić information content (AvgIpc) is 3.23. The molecule has 0 saturated carbocycles. The SMILES string of the molecule is CN1CCN(C(=O)/C=C/c2cc3c(cc2[N+](=O)[O-])OCO3)c2nc3ccccc3nc21. The quantitative estimate of drug-likeness (QED) is 0.362. The molecule has 0 atom stereocenters. The summed E-state index contributed by atoms with van der Waals surface area (Å²) in [6.45, 7) is 1.01. The summed E-state index contributed by atoms with van der Waals surface area (Å²) in [5, 5.41) is 11.4. The molecule has 2 aliphatic heterocycles. The highest BCUT2D eigenvalue weighted by atomic mass is 16.7. The van der Waals surface area contributed by atoms with Crippen LogP contribution in [0.1, 0.15) is 5.56 Å². The van der Waals surface area contributed by atoms with Crippen molar-refractivity contribution in [2.24, 2.45) is 0 Å². The number of nitro benzene ring substituents is 1. The Morgan fingerprint density at radius 2 is 1.77 bits per heavy atom. The van der Waals surface area contributed by atoms with Crippen molar-refractivity contribution >= 4 is 40.3 Å². The van der Waals surface area contributed by atoms with E-state index in [1.165, 1.54) is 29.2 Å². The number of hydrogen-bond donors (Lipinski definition) is 0. The predicted octanol–water partition coefficient (Wildman–Crippen LogP) is 2.76. The molecule has 2 aliphatic rings. The maximum atomic E-state index is 13.0. The van der Waals surface area contributed by atoms with Crippen molar-refractivity contribution in [3.05, 3.63) is 58.2 Å². The summed E-state index contributed by atoms with van der Waals surface area (Å²) in [4.78, 5) is 36.7. The van der Waals surface area contributed by atoms with Crippen LogP contribution in [0.2, 0.25) is 0 Å². The highest BCUT2D eigenvalue weighted by molar-refractivity contribution is 6.06. The van der Waals surface area contributed by atoms with E-state index >= 15 is 0 Å². The molecule has 3 aromatic rings. The van der Waals surface area contributed by atoms with Crippen LogP contribution in [0, 0.1) is 10.1 Å². The summed E-state index contributed by atoms with van der Waals surface area (Å²) in [7, 11) is 1.90. The zero-order valence-corrected chi connectivity index (χ0v) is 16.5. The predicted molar refractivity (Wildman–Crippen MR) is 113 cm³/mol. The zero-order chi connectivity index (χ0) is 21.5. The molecule has 0 unspecified atom stereocenters. The molecule has 156 valence electrons. The Kier molecular flexibility index (Phi) is 4.39. The molecule has 1 aromatic heterocycles. The molecule has 0 bridgehead atoms. The minimum atomic E-state index is -0.519. The number of fused-ring (bicyclic) bond motifs is 3. The van der Waals surface area contributed by atoms with Crippen LogP contribution in [-0.2, 0) is 4.79 Å². The molecular formula is C21H17N5O5. The minimum absolute atomic E-state index is 0.00327. The molecule has 0 aliphatic carbocycles. The topological polar surface area (TPSA) is 111 Å². The van der Waals surface area contributed by atoms with Gasteiger partial charge in [0, 0.05) is 26.2 Å². The molecule has 0 radical (unpaired) electrons. The van der Waals surface area contributed by atoms with E-state index < -0.39 is 4.92 Å². The first-order valence-electron chi connectivity index (χ1n) is 9.57. The number of carbonyl (C=O) groups is 1. The fourth-order valence-electron chi connectivity index (χ4n) is 3.58. The lowest BCUT2D eigenvalue weighted by molar-refractivity contribution is -0.385. The molecule has 3 heterocycles. The molecular weight excluding hydrogens is 402 g/mol. The highest BCUT2D eigenvalue weighted by Crippen LogP contribution is 2.38. The Bertz CT molecular complexity index is 1260. The third-order valence-electron chi connectivity index (χ3n) is 5.20. The lowest BCUT2D eigenvalue weighted by atomic mass is 10.1. The number of likely N-dealkylation sites (N-methyl/N-ethyl adjacent to an activating group) is 1. The Morgan fingerprint density at radius 1 is 1.10 bits per heavy atom. The third kappa shape index (κ3) is 3.27. The van der Waals surface area contributed by atoms with Crippen molar-refractivity contribution in [2.75, 3.05) is 36.7 Å². The summed E-state index contributed by atoms with van der Waals surface area (Å²) in [6.07, 6.45) is 2.71. The van der Waals surface area contributed by atoms with Gasteiger partial charge in [0.1, 0.15) is 0 Å². The number of amides is 1. The Labute approximate surface area is 176 Å². The van der Waals surface area contributed by atoms with Crippen molar-refractivity contribution in [3.63, 3.8) is 0 Å². The average molecular weight is 419 g/mol. The van der Waals surface area contributed by atoms with Crippen molar-refractivity contribution < 1.29 is 19.2 Å². The van der Waals surface area contributed by atoms with Gasteiger partial charge in [-0.15, -0.1) is 0 Å². The largest absolute Gasteiger partial charge is 0.454 e. The van der Waals surface area contributed by atoms with Gasteiger partial charge in [0.25, 0.3) is 11.6 Å². The number of hydrogen-bond acceptors (Lipinski definition) is 8. The summed E-state index contributed by atoms with van der Waals surface area (Å²) in [6, 6.07) is 10.3. The van der Waals surface area contributed by atoms with E-state index in [0.29, 0.717) is 41.7 Å². The van der Waals surface area contributed by atoms with Gasteiger partial charge in [-0.05, 0) is 24.3 Å². The molecule has 31 heavy (non-hydrogen) atoms. The molecule has 0 fully saturated rings. The number of carbonyl (C=O) groups excluding carboxylic acids is 1. The Hall–Kier alpha value is -4.21. The Balaban J connectivity index is 1.50. The second-order valence-corrected chi connectivity index (χ2v) is 7.13. The third-order valence-corrected chi connectivity index (χ3v) is 5.20. The number of anilines is 2. The van der Waals surface area contributed by atoms with Gasteiger partial charge in [0.05, 0.1) is 27.6 Å². The highest BCUT2D eigenvalue weighted by Gasteiger charge is 2.28. The molecule has 10 nitrogen and oxygen atoms in total. The molecule has 0 spiro atoms. The van der Waals surface area contributed by atoms with Gasteiger partial charge in [-0.3, -0.25) is 19.8 Å². The molecule has 1 amide bonds. The van der Waals surface area contributed by atoms with E-state index in [0.717, 1.165) is 5.52 Å². The zero-order valence-electron chi connectivity index (χ0n) is 16.5. The molecule has 0 N–H and O–H groups in total. The summed E-state index contributed by atoms with van der Waals surface area (Å²) < 4.78 is 10.5. The van der Waals surface area contributed by atoms with Crippen LogP contribution in [0.4, 0.5) is 17.3 Å². The lowest BCUT2D eigenvalue weighted by Crippen LogP contribution is -2.43. The van der Waals surface area contributed by atoms with Crippen LogP contribution in [0.15, 0.2) is 42.5 Å². The standard InChI is InChI=1S/C21H17N5O5/c1-24-8-9-25(21-20(24)22-14-4-2-3-5-15(14)23-21)19(27)7-6-13-10-17-18(31-12-30-17)11-16(13)26(28)29/h2-7,10-11H,8-9,12H2,1H3/b7-6+. The summed E-state index contributed by atoms with van der Waals surface area (Å²) in [5.74, 6) is 1.44. The molecule has 2 aromatic carbocycles. The van der Waals surface area contributed by atoms with Gasteiger partial charge < -0.3 is 14.4 Å². The lowest BCUT2D eigenvalue weighted by Gasteiger charge is -2.33. The Morgan fingerprint density at radius 3 is 2.48 bits per heavy atom. The van der Waals surface area contributed by atoms with E-state index in [4.69, 9.17) is 9.47 Å². The summed E-state index contributed by atoms with van der Waals surface area (Å²) in [5.41, 5.74) is 1.51. The van der Waals surface area contributed by atoms with Gasteiger partial charge in [-0.1, -0.05) is 12.1 Å². The monoisotopic (exact) mass is 419 g/mol. The van der Waals surface area contributed by atoms with E-state index in [2.05, 4.69) is 9.97 Å². The fraction of sp³-hybridized carbons (Fsp3) is 0.190. The van der Waals surface area contributed by atoms with Crippen LogP contribution in [0.5, 0.6) is 11.5 Å². The van der Waals surface area contributed by atoms with Crippen LogP contribution >= 0.6 is 0 Å². The van der Waals surface area contributed by atoms with Crippen LogP contribution in [-0.4, -0.2) is 47.7 Å². The normalized spacial score (nSPS) is 14.9. The summed E-state index contributed by atoms with van der Waals surface area (Å²) >= 11 is 0. The second-order valence-electron chi connectivity index (χ2n) is 7.13. The maximum absolute atomic E-state index is 13.0. The number of para-hydroxylation sites is 2. The van der Waals surface area contributed by atoms with Crippen LogP contribution < -0.4 is 19.3 Å². The number of aromatic nitrogens is 2. The van der Waals surface area contributed by atoms with Gasteiger partial charge in [0.15, 0.2) is 23.1 Å². The molecule has 10 heteroatoms. The second kappa shape index (κ2) is 7.24. The first kappa shape index (κ1) is 18.8. The van der Waals surface area contributed by atoms with E-state index in [1.54, 1.807) is 0 Å². The molecule has 5 rings (SSSR count). The first-order chi connectivity index (χ1) is 15.0. The van der Waals surface area contributed by atoms with Gasteiger partial charge >= 0.3 is 0 Å². The van der Waals surface area contributed by atoms with Crippen molar-refractivity contribution in [1.82, 2.24) is 9.97 Å². The van der Waals surface area contributed by atoms with Gasteiger partial charge in [0.2, 0.25) is 6.79 Å². The van der Waals surface area contributed by atoms with Crippen molar-refractivity contribution in [1.29, 1.82) is 0 Å². The number of benzene rings is 2. The number of nitrogens with zero attached hydrogens (tertiary/aromatic N) is 5. The number of nitro groups is 1. The fourth-order valence-corrected chi connectivity index (χ4v) is 3.58. The van der Waals surface area contributed by atoms with Crippen LogP contribution in [0.25, 0.3) is 17.1 Å². The van der Waals surface area contributed by atoms with E-state index in [-0.39, 0.29) is 24.0 Å². The van der Waals surface area contributed by atoms with E-state index in [1.807, 2.05) is 36.2 Å². The minimum Gasteiger partial charge on any atom is -0.454 e. The smallest absolute Gasteiger partial charge is 0.280 e. The van der Waals surface area contributed by atoms with Crippen LogP contribution in [0.3, 0.4) is 0 Å². The van der Waals surface area contributed by atoms with Gasteiger partial charge in [-0.25, -0.2) is 9.97 Å². The first-order valence-corrected chi connectivity index (χ1v) is 9.57. The van der Waals surface area contributed by atoms with E-state index in [9.17, 15) is 14.9 Å². The van der Waals surface area contributed by atoms with Gasteiger partial charge in [-0.2, -0.15) is 0 Å². The number of ether oxygens (including phenoxy) is 2.